The van der Waals surface area contributed by atoms with Gasteiger partial charge in [-0.15, -0.1) is 0 Å². The first-order valence-corrected chi connectivity index (χ1v) is 6.08. The molecule has 1 atom stereocenters. The van der Waals surface area contributed by atoms with E-state index in [1.807, 2.05) is 0 Å². The number of nitrogens with zero attached hydrogens (tertiary/aromatic N) is 1. The van der Waals surface area contributed by atoms with Crippen molar-refractivity contribution in [3.63, 3.8) is 0 Å². The number of anilines is 1. The molecule has 0 radical (unpaired) electrons. The maximum absolute atomic E-state index is 12.7. The van der Waals surface area contributed by atoms with Gasteiger partial charge in [0.05, 0.1) is 0 Å². The number of halogens is 1. The summed E-state index contributed by atoms with van der Waals surface area (Å²) in [5.41, 5.74) is 1.47. The van der Waals surface area contributed by atoms with Gasteiger partial charge in [0, 0.05) is 17.8 Å². The van der Waals surface area contributed by atoms with Gasteiger partial charge in [0.25, 0.3) is 5.91 Å². The van der Waals surface area contributed by atoms with E-state index in [0.29, 0.717) is 5.69 Å². The molecule has 1 aromatic carbocycles. The SMILES string of the molecule is CC(C=O)c1ccc(C(=O)Nc2ccc(F)cc2)nc1. The number of carbonyl (C=O) groups excluding carboxylic acids is 2. The minimum absolute atomic E-state index is 0.233. The molecule has 102 valence electrons. The molecule has 1 heterocycles. The Bertz CT molecular complexity index is 609. The van der Waals surface area contributed by atoms with Crippen molar-refractivity contribution in [2.45, 2.75) is 12.8 Å². The summed E-state index contributed by atoms with van der Waals surface area (Å²) in [4.78, 5) is 26.6. The van der Waals surface area contributed by atoms with Crippen molar-refractivity contribution in [2.75, 3.05) is 5.32 Å². The third-order valence-electron chi connectivity index (χ3n) is 2.85. The summed E-state index contributed by atoms with van der Waals surface area (Å²) in [5.74, 6) is -1.01. The molecule has 0 aliphatic heterocycles. The molecule has 4 nitrogen and oxygen atoms in total. The molecular formula is C15H13FN2O2. The molecule has 1 unspecified atom stereocenters. The summed E-state index contributed by atoms with van der Waals surface area (Å²) in [6.07, 6.45) is 2.31. The summed E-state index contributed by atoms with van der Waals surface area (Å²) < 4.78 is 12.7. The fourth-order valence-corrected chi connectivity index (χ4v) is 1.62. The van der Waals surface area contributed by atoms with Crippen molar-refractivity contribution in [1.29, 1.82) is 0 Å². The van der Waals surface area contributed by atoms with Gasteiger partial charge in [0.1, 0.15) is 17.8 Å². The lowest BCUT2D eigenvalue weighted by Crippen LogP contribution is -2.13. The van der Waals surface area contributed by atoms with Gasteiger partial charge < -0.3 is 10.1 Å². The monoisotopic (exact) mass is 272 g/mol. The summed E-state index contributed by atoms with van der Waals surface area (Å²) in [6, 6.07) is 8.70. The number of hydrogen-bond donors (Lipinski definition) is 1. The van der Waals surface area contributed by atoms with E-state index >= 15 is 0 Å². The highest BCUT2D eigenvalue weighted by Crippen LogP contribution is 2.13. The van der Waals surface area contributed by atoms with Gasteiger partial charge in [0.15, 0.2) is 0 Å². The Morgan fingerprint density at radius 1 is 1.25 bits per heavy atom. The Kier molecular flexibility index (Phi) is 4.20. The second-order valence-corrected chi connectivity index (χ2v) is 4.36. The van der Waals surface area contributed by atoms with Crippen LogP contribution in [0.25, 0.3) is 0 Å². The molecular weight excluding hydrogens is 259 g/mol. The fraction of sp³-hybridized carbons (Fsp3) is 0.133. The Morgan fingerprint density at radius 3 is 2.50 bits per heavy atom. The number of nitrogens with one attached hydrogen (secondary N) is 1. The van der Waals surface area contributed by atoms with Crippen LogP contribution >= 0.6 is 0 Å². The van der Waals surface area contributed by atoms with Crippen molar-refractivity contribution < 1.29 is 14.0 Å². The molecule has 2 rings (SSSR count). The van der Waals surface area contributed by atoms with Crippen molar-refractivity contribution in [2.24, 2.45) is 0 Å². The quantitative estimate of drug-likeness (QED) is 0.871. The van der Waals surface area contributed by atoms with Gasteiger partial charge in [-0.25, -0.2) is 4.39 Å². The molecule has 0 spiro atoms. The van der Waals surface area contributed by atoms with Crippen molar-refractivity contribution in [3.8, 4) is 0 Å². The van der Waals surface area contributed by atoms with Crippen LogP contribution in [0.15, 0.2) is 42.6 Å². The van der Waals surface area contributed by atoms with Crippen molar-refractivity contribution >= 4 is 17.9 Å². The zero-order valence-corrected chi connectivity index (χ0v) is 10.8. The highest BCUT2D eigenvalue weighted by Gasteiger charge is 2.09. The molecule has 2 aromatic rings. The van der Waals surface area contributed by atoms with Crippen molar-refractivity contribution in [3.05, 3.63) is 59.7 Å². The first-order valence-electron chi connectivity index (χ1n) is 6.08. The van der Waals surface area contributed by atoms with E-state index in [2.05, 4.69) is 10.3 Å². The largest absolute Gasteiger partial charge is 0.321 e. The lowest BCUT2D eigenvalue weighted by molar-refractivity contribution is -0.108. The van der Waals surface area contributed by atoms with Crippen LogP contribution < -0.4 is 5.32 Å². The Hall–Kier alpha value is -2.56. The molecule has 0 fully saturated rings. The Morgan fingerprint density at radius 2 is 1.95 bits per heavy atom. The minimum Gasteiger partial charge on any atom is -0.321 e. The van der Waals surface area contributed by atoms with Gasteiger partial charge in [-0.2, -0.15) is 0 Å². The van der Waals surface area contributed by atoms with E-state index in [-0.39, 0.29) is 23.3 Å². The van der Waals surface area contributed by atoms with E-state index in [1.54, 1.807) is 19.1 Å². The number of aldehydes is 1. The number of amides is 1. The summed E-state index contributed by atoms with van der Waals surface area (Å²) in [5, 5.41) is 2.61. The number of carbonyl (C=O) groups is 2. The second-order valence-electron chi connectivity index (χ2n) is 4.36. The van der Waals surface area contributed by atoms with E-state index in [4.69, 9.17) is 0 Å². The molecule has 0 saturated carbocycles. The molecule has 1 N–H and O–H groups in total. The van der Waals surface area contributed by atoms with Gasteiger partial charge >= 0.3 is 0 Å². The molecule has 5 heteroatoms. The summed E-state index contributed by atoms with van der Waals surface area (Å²) >= 11 is 0. The number of benzene rings is 1. The van der Waals surface area contributed by atoms with E-state index in [0.717, 1.165) is 11.8 Å². The average molecular weight is 272 g/mol. The highest BCUT2D eigenvalue weighted by molar-refractivity contribution is 6.02. The van der Waals surface area contributed by atoms with Crippen LogP contribution in [0.3, 0.4) is 0 Å². The normalized spacial score (nSPS) is 11.7. The maximum Gasteiger partial charge on any atom is 0.274 e. The average Bonchev–Trinajstić information content (AvgIpc) is 2.49. The molecule has 0 saturated heterocycles. The zero-order chi connectivity index (χ0) is 14.5. The van der Waals surface area contributed by atoms with Gasteiger partial charge in [-0.05, 0) is 35.9 Å². The lowest BCUT2D eigenvalue weighted by atomic mass is 10.1. The minimum atomic E-state index is -0.387. The van der Waals surface area contributed by atoms with Crippen LogP contribution in [0.4, 0.5) is 10.1 Å². The number of hydrogen-bond acceptors (Lipinski definition) is 3. The van der Waals surface area contributed by atoms with Gasteiger partial charge in [-0.1, -0.05) is 13.0 Å². The number of rotatable bonds is 4. The van der Waals surface area contributed by atoms with Crippen LogP contribution in [0.1, 0.15) is 28.9 Å². The highest BCUT2D eigenvalue weighted by atomic mass is 19.1. The predicted octanol–water partition coefficient (Wildman–Crippen LogP) is 2.78. The molecule has 20 heavy (non-hydrogen) atoms. The topological polar surface area (TPSA) is 59.1 Å². The number of aromatic nitrogens is 1. The molecule has 1 amide bonds. The molecule has 1 aromatic heterocycles. The first-order chi connectivity index (χ1) is 9.60. The third kappa shape index (κ3) is 3.26. The van der Waals surface area contributed by atoms with E-state index < -0.39 is 0 Å². The maximum atomic E-state index is 12.7. The first kappa shape index (κ1) is 13.9. The zero-order valence-electron chi connectivity index (χ0n) is 10.8. The Labute approximate surface area is 115 Å². The number of pyridine rings is 1. The third-order valence-corrected chi connectivity index (χ3v) is 2.85. The van der Waals surface area contributed by atoms with E-state index in [1.165, 1.54) is 30.5 Å². The second kappa shape index (κ2) is 6.06. The van der Waals surface area contributed by atoms with Crippen LogP contribution in [0.2, 0.25) is 0 Å². The van der Waals surface area contributed by atoms with Crippen LogP contribution in [-0.4, -0.2) is 17.2 Å². The van der Waals surface area contributed by atoms with Gasteiger partial charge in [0.2, 0.25) is 0 Å². The van der Waals surface area contributed by atoms with Crippen LogP contribution in [0.5, 0.6) is 0 Å². The fourth-order valence-electron chi connectivity index (χ4n) is 1.62. The summed E-state index contributed by atoms with van der Waals surface area (Å²) in [6.45, 7) is 1.75. The standard InChI is InChI=1S/C15H13FN2O2/c1-10(9-19)11-2-7-14(17-8-11)15(20)18-13-5-3-12(16)4-6-13/h2-10H,1H3,(H,18,20). The van der Waals surface area contributed by atoms with Crippen LogP contribution in [-0.2, 0) is 4.79 Å². The molecule has 0 aliphatic carbocycles. The molecule has 0 aliphatic rings. The van der Waals surface area contributed by atoms with Crippen molar-refractivity contribution in [1.82, 2.24) is 4.98 Å². The molecule has 0 bridgehead atoms. The summed E-state index contributed by atoms with van der Waals surface area (Å²) in [7, 11) is 0. The van der Waals surface area contributed by atoms with E-state index in [9.17, 15) is 14.0 Å². The smallest absolute Gasteiger partial charge is 0.274 e. The van der Waals surface area contributed by atoms with Crippen LogP contribution in [0, 0.1) is 5.82 Å². The lowest BCUT2D eigenvalue weighted by Gasteiger charge is -2.06. The van der Waals surface area contributed by atoms with Gasteiger partial charge in [-0.3, -0.25) is 9.78 Å². The Balaban J connectivity index is 2.09. The predicted molar refractivity (Wildman–Crippen MR) is 73.1 cm³/mol.